The zero-order chi connectivity index (χ0) is 12.3. The zero-order valence-electron chi connectivity index (χ0n) is 9.81. The van der Waals surface area contributed by atoms with Gasteiger partial charge in [-0.1, -0.05) is 30.3 Å². The van der Waals surface area contributed by atoms with Gasteiger partial charge >= 0.3 is 5.97 Å². The summed E-state index contributed by atoms with van der Waals surface area (Å²) in [6.45, 7) is 1.90. The minimum absolute atomic E-state index is 0.354. The van der Waals surface area contributed by atoms with Crippen molar-refractivity contribution in [3.63, 3.8) is 0 Å². The molecule has 0 aliphatic rings. The van der Waals surface area contributed by atoms with Crippen LogP contribution in [0.25, 0.3) is 11.1 Å². The number of carbonyl (C=O) groups excluding carboxylic acids is 1. The van der Waals surface area contributed by atoms with Gasteiger partial charge in [0.15, 0.2) is 0 Å². The third-order valence-electron chi connectivity index (χ3n) is 2.71. The van der Waals surface area contributed by atoms with Gasteiger partial charge in [-0.25, -0.2) is 4.79 Å². The number of benzene rings is 1. The fraction of sp³-hybridized carbons (Fsp3) is 0.143. The molecule has 0 amide bonds. The molecule has 3 nitrogen and oxygen atoms in total. The quantitative estimate of drug-likeness (QED) is 0.740. The average Bonchev–Trinajstić information content (AvgIpc) is 2.39. The van der Waals surface area contributed by atoms with Gasteiger partial charge in [-0.2, -0.15) is 0 Å². The number of carbonyl (C=O) groups is 1. The van der Waals surface area contributed by atoms with E-state index in [-0.39, 0.29) is 5.97 Å². The smallest absolute Gasteiger partial charge is 0.339 e. The number of hydrogen-bond donors (Lipinski definition) is 0. The molecule has 0 radical (unpaired) electrons. The van der Waals surface area contributed by atoms with Crippen LogP contribution in [0.15, 0.2) is 42.7 Å². The Morgan fingerprint density at radius 3 is 2.53 bits per heavy atom. The van der Waals surface area contributed by atoms with Crippen molar-refractivity contribution in [3.05, 3.63) is 53.9 Å². The summed E-state index contributed by atoms with van der Waals surface area (Å²) in [5.41, 5.74) is 3.39. The van der Waals surface area contributed by atoms with Crippen LogP contribution in [-0.4, -0.2) is 18.1 Å². The molecule has 0 unspecified atom stereocenters. The van der Waals surface area contributed by atoms with Crippen LogP contribution in [0, 0.1) is 6.92 Å². The second kappa shape index (κ2) is 4.78. The molecule has 0 spiro atoms. The molecule has 0 N–H and O–H groups in total. The van der Waals surface area contributed by atoms with Crippen LogP contribution >= 0.6 is 0 Å². The van der Waals surface area contributed by atoms with Crippen LogP contribution < -0.4 is 0 Å². The number of hydrogen-bond acceptors (Lipinski definition) is 3. The first-order valence-electron chi connectivity index (χ1n) is 5.32. The Bertz CT molecular complexity index is 535. The van der Waals surface area contributed by atoms with Crippen molar-refractivity contribution in [2.75, 3.05) is 7.11 Å². The van der Waals surface area contributed by atoms with Crippen LogP contribution in [0.4, 0.5) is 0 Å². The highest BCUT2D eigenvalue weighted by atomic mass is 16.5. The molecule has 0 saturated carbocycles. The van der Waals surface area contributed by atoms with Gasteiger partial charge in [-0.15, -0.1) is 0 Å². The van der Waals surface area contributed by atoms with E-state index in [1.165, 1.54) is 13.3 Å². The van der Waals surface area contributed by atoms with E-state index < -0.39 is 0 Å². The molecule has 86 valence electrons. The van der Waals surface area contributed by atoms with E-state index in [4.69, 9.17) is 4.74 Å². The number of aromatic nitrogens is 1. The standard InChI is InChI=1S/C14H13NO2/c1-10-12(11-6-4-3-5-7-11)8-15-9-13(10)14(16)17-2/h3-9H,1-2H3. The first-order chi connectivity index (χ1) is 8.24. The van der Waals surface area contributed by atoms with Gasteiger partial charge in [0.2, 0.25) is 0 Å². The highest BCUT2D eigenvalue weighted by Gasteiger charge is 2.13. The lowest BCUT2D eigenvalue weighted by molar-refractivity contribution is 0.0599. The average molecular weight is 227 g/mol. The second-order valence-electron chi connectivity index (χ2n) is 3.72. The maximum atomic E-state index is 11.6. The molecule has 0 bridgehead atoms. The molecule has 0 saturated heterocycles. The predicted octanol–water partition coefficient (Wildman–Crippen LogP) is 2.84. The summed E-state index contributed by atoms with van der Waals surface area (Å²) in [5.74, 6) is -0.354. The second-order valence-corrected chi connectivity index (χ2v) is 3.72. The van der Waals surface area contributed by atoms with Gasteiger partial charge in [0.1, 0.15) is 0 Å². The molecule has 1 aromatic carbocycles. The summed E-state index contributed by atoms with van der Waals surface area (Å²) in [4.78, 5) is 15.6. The molecular formula is C14H13NO2. The van der Waals surface area contributed by atoms with Gasteiger partial charge < -0.3 is 4.74 Å². The Labute approximate surface area is 100 Å². The van der Waals surface area contributed by atoms with Crippen LogP contribution in [-0.2, 0) is 4.74 Å². The van der Waals surface area contributed by atoms with Crippen molar-refractivity contribution in [1.29, 1.82) is 0 Å². The molecule has 1 aromatic heterocycles. The minimum Gasteiger partial charge on any atom is -0.465 e. The van der Waals surface area contributed by atoms with Crippen LogP contribution in [0.1, 0.15) is 15.9 Å². The van der Waals surface area contributed by atoms with Crippen LogP contribution in [0.2, 0.25) is 0 Å². The molecule has 3 heteroatoms. The molecule has 0 atom stereocenters. The van der Waals surface area contributed by atoms with E-state index in [1.807, 2.05) is 37.3 Å². The van der Waals surface area contributed by atoms with Crippen LogP contribution in [0.5, 0.6) is 0 Å². The number of methoxy groups -OCH3 is 1. The molecule has 2 aromatic rings. The zero-order valence-corrected chi connectivity index (χ0v) is 9.81. The molecular weight excluding hydrogens is 214 g/mol. The summed E-state index contributed by atoms with van der Waals surface area (Å²) < 4.78 is 4.73. The SMILES string of the molecule is COC(=O)c1cncc(-c2ccccc2)c1C. The lowest BCUT2D eigenvalue weighted by Crippen LogP contribution is -2.05. The fourth-order valence-electron chi connectivity index (χ4n) is 1.75. The number of esters is 1. The largest absolute Gasteiger partial charge is 0.465 e. The fourth-order valence-corrected chi connectivity index (χ4v) is 1.75. The highest BCUT2D eigenvalue weighted by molar-refractivity contribution is 5.92. The third kappa shape index (κ3) is 2.18. The van der Waals surface area contributed by atoms with Crippen molar-refractivity contribution < 1.29 is 9.53 Å². The van der Waals surface area contributed by atoms with Crippen molar-refractivity contribution in [2.45, 2.75) is 6.92 Å². The first kappa shape index (κ1) is 11.3. The third-order valence-corrected chi connectivity index (χ3v) is 2.71. The van der Waals surface area contributed by atoms with E-state index in [9.17, 15) is 4.79 Å². The van der Waals surface area contributed by atoms with E-state index in [0.717, 1.165) is 16.7 Å². The van der Waals surface area contributed by atoms with Gasteiger partial charge in [0.25, 0.3) is 0 Å². The number of ether oxygens (including phenoxy) is 1. The molecule has 0 aliphatic heterocycles. The number of pyridine rings is 1. The minimum atomic E-state index is -0.354. The number of nitrogens with zero attached hydrogens (tertiary/aromatic N) is 1. The van der Waals surface area contributed by atoms with E-state index in [2.05, 4.69) is 4.98 Å². The lowest BCUT2D eigenvalue weighted by atomic mass is 9.99. The summed E-state index contributed by atoms with van der Waals surface area (Å²) in [6.07, 6.45) is 3.30. The van der Waals surface area contributed by atoms with Crippen molar-refractivity contribution in [3.8, 4) is 11.1 Å². The van der Waals surface area contributed by atoms with Gasteiger partial charge in [-0.3, -0.25) is 4.98 Å². The van der Waals surface area contributed by atoms with Crippen molar-refractivity contribution in [2.24, 2.45) is 0 Å². The lowest BCUT2D eigenvalue weighted by Gasteiger charge is -2.09. The Morgan fingerprint density at radius 1 is 1.18 bits per heavy atom. The summed E-state index contributed by atoms with van der Waals surface area (Å²) in [6, 6.07) is 9.85. The summed E-state index contributed by atoms with van der Waals surface area (Å²) in [7, 11) is 1.37. The Balaban J connectivity index is 2.54. The van der Waals surface area contributed by atoms with Crippen LogP contribution in [0.3, 0.4) is 0 Å². The van der Waals surface area contributed by atoms with E-state index in [1.54, 1.807) is 6.20 Å². The van der Waals surface area contributed by atoms with Crippen molar-refractivity contribution >= 4 is 5.97 Å². The van der Waals surface area contributed by atoms with E-state index in [0.29, 0.717) is 5.56 Å². The van der Waals surface area contributed by atoms with Gasteiger partial charge in [0.05, 0.1) is 12.7 Å². The van der Waals surface area contributed by atoms with E-state index >= 15 is 0 Å². The predicted molar refractivity (Wildman–Crippen MR) is 65.7 cm³/mol. The molecule has 0 fully saturated rings. The van der Waals surface area contributed by atoms with Crippen molar-refractivity contribution in [1.82, 2.24) is 4.98 Å². The normalized spacial score (nSPS) is 10.0. The maximum absolute atomic E-state index is 11.6. The van der Waals surface area contributed by atoms with Gasteiger partial charge in [-0.05, 0) is 18.1 Å². The topological polar surface area (TPSA) is 39.2 Å². The molecule has 17 heavy (non-hydrogen) atoms. The molecule has 0 aliphatic carbocycles. The first-order valence-corrected chi connectivity index (χ1v) is 5.32. The van der Waals surface area contributed by atoms with Gasteiger partial charge in [0, 0.05) is 18.0 Å². The Hall–Kier alpha value is -2.16. The number of rotatable bonds is 2. The summed E-state index contributed by atoms with van der Waals surface area (Å²) in [5, 5.41) is 0. The molecule has 1 heterocycles. The Morgan fingerprint density at radius 2 is 1.88 bits per heavy atom. The summed E-state index contributed by atoms with van der Waals surface area (Å²) >= 11 is 0. The Kier molecular flexibility index (Phi) is 3.19. The maximum Gasteiger partial charge on any atom is 0.339 e. The highest BCUT2D eigenvalue weighted by Crippen LogP contribution is 2.24. The monoisotopic (exact) mass is 227 g/mol. The molecule has 2 rings (SSSR count).